The Bertz CT molecular complexity index is 1600. The largest absolute Gasteiger partial charge is 0.382 e. The normalized spacial score (nSPS) is 10.4. The molecular weight excluding hydrogens is 460 g/mol. The van der Waals surface area contributed by atoms with Crippen LogP contribution in [0.1, 0.15) is 23.3 Å². The zero-order valence-electron chi connectivity index (χ0n) is 19.1. The molecule has 174 valence electrons. The molecule has 0 atom stereocenters. The monoisotopic (exact) mass is 482 g/mol. The van der Waals surface area contributed by atoms with Crippen LogP contribution in [0, 0.1) is 18.3 Å². The van der Waals surface area contributed by atoms with Crippen LogP contribution in [0.15, 0.2) is 65.7 Å². The Morgan fingerprint density at radius 3 is 2.43 bits per heavy atom. The van der Waals surface area contributed by atoms with E-state index in [2.05, 4.69) is 15.0 Å². The fourth-order valence-electron chi connectivity index (χ4n) is 3.54. The van der Waals surface area contributed by atoms with Crippen LogP contribution in [0.2, 0.25) is 0 Å². The van der Waals surface area contributed by atoms with E-state index in [0.29, 0.717) is 11.8 Å². The third-order valence-electron chi connectivity index (χ3n) is 5.14. The van der Waals surface area contributed by atoms with Gasteiger partial charge in [0.25, 0.3) is 5.56 Å². The van der Waals surface area contributed by atoms with Crippen LogP contribution in [0.4, 0.5) is 11.8 Å². The van der Waals surface area contributed by atoms with E-state index in [1.54, 1.807) is 15.9 Å². The van der Waals surface area contributed by atoms with Gasteiger partial charge in [-0.25, -0.2) is 15.0 Å². The molecule has 35 heavy (non-hydrogen) atoms. The second kappa shape index (κ2) is 10.1. The number of rotatable bonds is 3. The molecule has 0 unspecified atom stereocenters. The lowest BCUT2D eigenvalue weighted by Crippen LogP contribution is -2.24. The number of nitrogens with two attached hydrogens (primary N) is 2. The molecule has 0 aliphatic heterocycles. The van der Waals surface area contributed by atoms with Gasteiger partial charge in [-0.2, -0.15) is 10.2 Å². The molecule has 0 spiro atoms. The molecule has 5 aromatic rings. The number of aryl methyl sites for hydroxylation is 2. The predicted molar refractivity (Wildman–Crippen MR) is 138 cm³/mol. The molecule has 4 N–H and O–H groups in total. The predicted octanol–water partition coefficient (Wildman–Crippen LogP) is 3.89. The molecule has 3 aromatic heterocycles. The molecule has 9 nitrogen and oxygen atoms in total. The first-order chi connectivity index (χ1) is 16.9. The van der Waals surface area contributed by atoms with Gasteiger partial charge in [-0.15, -0.1) is 11.3 Å². The van der Waals surface area contributed by atoms with Gasteiger partial charge >= 0.3 is 0 Å². The maximum atomic E-state index is 13.4. The van der Waals surface area contributed by atoms with Crippen molar-refractivity contribution >= 4 is 34.0 Å². The second-order valence-corrected chi connectivity index (χ2v) is 8.67. The van der Waals surface area contributed by atoms with Crippen molar-refractivity contribution in [2.24, 2.45) is 0 Å². The van der Waals surface area contributed by atoms with Gasteiger partial charge in [-0.05, 0) is 25.1 Å². The van der Waals surface area contributed by atoms with E-state index < -0.39 is 0 Å². The van der Waals surface area contributed by atoms with Gasteiger partial charge in [0.2, 0.25) is 5.95 Å². The van der Waals surface area contributed by atoms with Gasteiger partial charge in [0, 0.05) is 18.2 Å². The number of aromatic nitrogens is 5. The Morgan fingerprint density at radius 1 is 1.03 bits per heavy atom. The van der Waals surface area contributed by atoms with Crippen molar-refractivity contribution in [3.05, 3.63) is 87.7 Å². The van der Waals surface area contributed by atoms with Crippen molar-refractivity contribution in [3.8, 4) is 22.2 Å². The van der Waals surface area contributed by atoms with Gasteiger partial charge in [-0.3, -0.25) is 9.36 Å². The number of nitriles is 1. The number of fused-ring (bicyclic) bond motifs is 1. The smallest absolute Gasteiger partial charge is 0.266 e. The molecule has 0 fully saturated rings. The van der Waals surface area contributed by atoms with Gasteiger partial charge in [0.15, 0.2) is 0 Å². The summed E-state index contributed by atoms with van der Waals surface area (Å²) >= 11 is 1.59. The Labute approximate surface area is 205 Å². The molecule has 0 saturated carbocycles. The number of nitrogen functional groups attached to an aromatic ring is 2. The first-order valence-corrected chi connectivity index (χ1v) is 11.6. The van der Waals surface area contributed by atoms with E-state index in [1.165, 1.54) is 6.20 Å². The summed E-state index contributed by atoms with van der Waals surface area (Å²) in [5, 5.41) is 9.98. The average molecular weight is 483 g/mol. The molecule has 3 heterocycles. The zero-order chi connectivity index (χ0) is 24.9. The third kappa shape index (κ3) is 4.85. The van der Waals surface area contributed by atoms with Crippen molar-refractivity contribution in [2.75, 3.05) is 11.5 Å². The summed E-state index contributed by atoms with van der Waals surface area (Å²) in [7, 11) is 0. The van der Waals surface area contributed by atoms with Crippen molar-refractivity contribution in [3.63, 3.8) is 0 Å². The van der Waals surface area contributed by atoms with Crippen molar-refractivity contribution in [1.29, 1.82) is 5.26 Å². The molecular formula is C25H22N8OS. The molecule has 0 amide bonds. The number of hydrogen-bond acceptors (Lipinski definition) is 9. The summed E-state index contributed by atoms with van der Waals surface area (Å²) in [6, 6.07) is 17.3. The van der Waals surface area contributed by atoms with E-state index >= 15 is 0 Å². The Morgan fingerprint density at radius 2 is 1.80 bits per heavy atom. The second-order valence-electron chi connectivity index (χ2n) is 7.44. The van der Waals surface area contributed by atoms with E-state index in [-0.39, 0.29) is 22.9 Å². The molecule has 0 aliphatic carbocycles. The van der Waals surface area contributed by atoms with Gasteiger partial charge < -0.3 is 11.5 Å². The molecule has 2 aromatic carbocycles. The highest BCUT2D eigenvalue weighted by Gasteiger charge is 2.16. The minimum atomic E-state index is -0.0327. The molecule has 0 bridgehead atoms. The summed E-state index contributed by atoms with van der Waals surface area (Å²) in [4.78, 5) is 30.7. The van der Waals surface area contributed by atoms with Crippen LogP contribution >= 0.6 is 11.3 Å². The summed E-state index contributed by atoms with van der Waals surface area (Å²) < 4.78 is 1.72. The van der Waals surface area contributed by atoms with Crippen molar-refractivity contribution in [2.45, 2.75) is 20.3 Å². The summed E-state index contributed by atoms with van der Waals surface area (Å²) in [5.41, 5.74) is 13.1. The minimum Gasteiger partial charge on any atom is -0.382 e. The maximum absolute atomic E-state index is 13.4. The quantitative estimate of drug-likeness (QED) is 0.393. The highest BCUT2D eigenvalue weighted by molar-refractivity contribution is 7.15. The van der Waals surface area contributed by atoms with E-state index in [0.717, 1.165) is 32.5 Å². The van der Waals surface area contributed by atoms with Crippen LogP contribution in [-0.2, 0) is 6.42 Å². The Hall–Kier alpha value is -4.62. The first-order valence-electron chi connectivity index (χ1n) is 10.7. The topological polar surface area (TPSA) is 149 Å². The first kappa shape index (κ1) is 23.5. The van der Waals surface area contributed by atoms with E-state index in [4.69, 9.17) is 21.7 Å². The lowest BCUT2D eigenvalue weighted by atomic mass is 10.1. The number of para-hydroxylation sites is 1. The third-order valence-corrected chi connectivity index (χ3v) is 6.09. The molecule has 0 aliphatic rings. The van der Waals surface area contributed by atoms with Crippen LogP contribution in [0.3, 0.4) is 0 Å². The van der Waals surface area contributed by atoms with Crippen LogP contribution < -0.4 is 17.0 Å². The van der Waals surface area contributed by atoms with Gasteiger partial charge in [0.1, 0.15) is 23.3 Å². The van der Waals surface area contributed by atoms with E-state index in [9.17, 15) is 4.79 Å². The number of anilines is 2. The average Bonchev–Trinajstić information content (AvgIpc) is 3.30. The summed E-state index contributed by atoms with van der Waals surface area (Å²) in [5.74, 6) is 0.966. The lowest BCUT2D eigenvalue weighted by Gasteiger charge is -2.13. The number of hydrogen-bond donors (Lipinski definition) is 2. The molecule has 10 heteroatoms. The van der Waals surface area contributed by atoms with Crippen LogP contribution in [-0.4, -0.2) is 24.5 Å². The lowest BCUT2D eigenvalue weighted by molar-refractivity contribution is 0.833. The SMILES string of the molecule is CCc1nc2cccc(-c3cnc(C)s3)c2c(=O)n1-c1ccccc1.N#Cc1cnc(N)nc1N. The highest BCUT2D eigenvalue weighted by atomic mass is 32.1. The van der Waals surface area contributed by atoms with Crippen molar-refractivity contribution in [1.82, 2.24) is 24.5 Å². The zero-order valence-corrected chi connectivity index (χ0v) is 20.0. The Kier molecular flexibility index (Phi) is 6.80. The highest BCUT2D eigenvalue weighted by Crippen LogP contribution is 2.30. The standard InChI is InChI=1S/C20H17N3OS.C5H5N5/c1-3-18-22-16-11-7-10-15(17-12-21-13(2)25-17)19(16)20(24)23(18)14-8-5-4-6-9-14;6-1-3-2-9-5(8)10-4(3)7/h4-12H,3H2,1-2H3;2H,(H4,7,8,9,10). The summed E-state index contributed by atoms with van der Waals surface area (Å²) in [6.07, 6.45) is 3.80. The Balaban J connectivity index is 0.000000243. The number of nitrogens with zero attached hydrogens (tertiary/aromatic N) is 6. The molecule has 5 rings (SSSR count). The minimum absolute atomic E-state index is 0.0327. The summed E-state index contributed by atoms with van der Waals surface area (Å²) in [6.45, 7) is 3.98. The molecule has 0 saturated heterocycles. The number of benzene rings is 2. The molecule has 0 radical (unpaired) electrons. The fourth-order valence-corrected chi connectivity index (χ4v) is 4.35. The van der Waals surface area contributed by atoms with Crippen LogP contribution in [0.25, 0.3) is 27.0 Å². The fraction of sp³-hybridized carbons (Fsp3) is 0.120. The van der Waals surface area contributed by atoms with Gasteiger partial charge in [0.05, 0.1) is 32.7 Å². The maximum Gasteiger partial charge on any atom is 0.266 e. The number of thiazole rings is 1. The van der Waals surface area contributed by atoms with Crippen molar-refractivity contribution < 1.29 is 0 Å². The van der Waals surface area contributed by atoms with Crippen LogP contribution in [0.5, 0.6) is 0 Å². The van der Waals surface area contributed by atoms with Gasteiger partial charge in [-0.1, -0.05) is 37.3 Å². The van der Waals surface area contributed by atoms with E-state index in [1.807, 2.05) is 74.6 Å².